The number of rotatable bonds is 6. The lowest BCUT2D eigenvalue weighted by Gasteiger charge is -2.10. The molecule has 0 aromatic carbocycles. The Hall–Kier alpha value is -3.39. The van der Waals surface area contributed by atoms with Crippen molar-refractivity contribution >= 4 is 38.5 Å². The average molecular weight is 404 g/mol. The van der Waals surface area contributed by atoms with E-state index in [0.717, 1.165) is 32.3 Å². The minimum absolute atomic E-state index is 0.110. The molecule has 146 valence electrons. The van der Waals surface area contributed by atoms with Gasteiger partial charge in [0.2, 0.25) is 5.91 Å². The van der Waals surface area contributed by atoms with E-state index < -0.39 is 0 Å². The molecule has 4 rings (SSSR count). The van der Waals surface area contributed by atoms with Crippen LogP contribution in [-0.4, -0.2) is 44.8 Å². The Kier molecular flexibility index (Phi) is 5.44. The van der Waals surface area contributed by atoms with Gasteiger partial charge in [0.25, 0.3) is 0 Å². The standard InChI is InChI=1S/C21H20N6OS/c1-27(2)19(28)6-3-14-7-12-23-18(13-14)26-21-25-17-5-4-16(24-20(17)29-21)15-8-10-22-11-9-15/h4-5,7-13H,3,6H2,1-2H3,(H,23,25,26). The summed E-state index contributed by atoms with van der Waals surface area (Å²) in [6.07, 6.45) is 6.40. The highest BCUT2D eigenvalue weighted by Gasteiger charge is 2.09. The van der Waals surface area contributed by atoms with Crippen LogP contribution in [0.25, 0.3) is 21.6 Å². The van der Waals surface area contributed by atoms with Crippen molar-refractivity contribution in [1.82, 2.24) is 24.8 Å². The fraction of sp³-hybridized carbons (Fsp3) is 0.190. The first-order valence-corrected chi connectivity index (χ1v) is 10.0. The van der Waals surface area contributed by atoms with Crippen molar-refractivity contribution in [2.24, 2.45) is 0 Å². The summed E-state index contributed by atoms with van der Waals surface area (Å²) in [6, 6.07) is 11.7. The Labute approximate surface area is 172 Å². The summed E-state index contributed by atoms with van der Waals surface area (Å²) in [6.45, 7) is 0. The Morgan fingerprint density at radius 1 is 1.07 bits per heavy atom. The van der Waals surface area contributed by atoms with Crippen LogP contribution in [-0.2, 0) is 11.2 Å². The third-order valence-electron chi connectivity index (χ3n) is 4.42. The molecule has 0 atom stereocenters. The zero-order valence-corrected chi connectivity index (χ0v) is 17.0. The lowest BCUT2D eigenvalue weighted by Crippen LogP contribution is -2.21. The molecule has 0 aliphatic heterocycles. The number of nitrogens with zero attached hydrogens (tertiary/aromatic N) is 5. The first kappa shape index (κ1) is 18.9. The molecular formula is C21H20N6OS. The van der Waals surface area contributed by atoms with Crippen molar-refractivity contribution in [3.8, 4) is 11.3 Å². The summed E-state index contributed by atoms with van der Waals surface area (Å²) in [5.41, 5.74) is 3.80. The first-order chi connectivity index (χ1) is 14.1. The Morgan fingerprint density at radius 3 is 2.69 bits per heavy atom. The smallest absolute Gasteiger partial charge is 0.222 e. The van der Waals surface area contributed by atoms with E-state index >= 15 is 0 Å². The molecule has 0 aliphatic carbocycles. The number of thiazole rings is 1. The van der Waals surface area contributed by atoms with E-state index in [9.17, 15) is 4.79 Å². The van der Waals surface area contributed by atoms with Gasteiger partial charge in [-0.2, -0.15) is 0 Å². The molecule has 8 heteroatoms. The number of hydrogen-bond donors (Lipinski definition) is 1. The van der Waals surface area contributed by atoms with Crippen LogP contribution >= 0.6 is 11.3 Å². The zero-order valence-electron chi connectivity index (χ0n) is 16.2. The predicted molar refractivity (Wildman–Crippen MR) is 115 cm³/mol. The highest BCUT2D eigenvalue weighted by Crippen LogP contribution is 2.29. The number of carbonyl (C=O) groups is 1. The van der Waals surface area contributed by atoms with Crippen LogP contribution in [0.4, 0.5) is 10.9 Å². The van der Waals surface area contributed by atoms with Gasteiger partial charge in [-0.05, 0) is 48.4 Å². The minimum atomic E-state index is 0.110. The number of anilines is 2. The van der Waals surface area contributed by atoms with Crippen molar-refractivity contribution in [2.45, 2.75) is 12.8 Å². The third-order valence-corrected chi connectivity index (χ3v) is 5.30. The average Bonchev–Trinajstić information content (AvgIpc) is 3.14. The Morgan fingerprint density at radius 2 is 1.90 bits per heavy atom. The van der Waals surface area contributed by atoms with Gasteiger partial charge in [0.15, 0.2) is 5.13 Å². The maximum absolute atomic E-state index is 11.8. The minimum Gasteiger partial charge on any atom is -0.349 e. The van der Waals surface area contributed by atoms with E-state index in [1.807, 2.05) is 36.4 Å². The van der Waals surface area contributed by atoms with E-state index in [1.54, 1.807) is 37.6 Å². The molecule has 7 nitrogen and oxygen atoms in total. The molecule has 0 saturated heterocycles. The number of pyridine rings is 3. The largest absolute Gasteiger partial charge is 0.349 e. The van der Waals surface area contributed by atoms with Crippen molar-refractivity contribution in [1.29, 1.82) is 0 Å². The maximum atomic E-state index is 11.8. The molecule has 4 aromatic rings. The molecular weight excluding hydrogens is 384 g/mol. The van der Waals surface area contributed by atoms with E-state index in [-0.39, 0.29) is 5.91 Å². The Bertz CT molecular complexity index is 1140. The number of amides is 1. The molecule has 0 fully saturated rings. The highest BCUT2D eigenvalue weighted by molar-refractivity contribution is 7.21. The summed E-state index contributed by atoms with van der Waals surface area (Å²) in [5.74, 6) is 0.812. The number of fused-ring (bicyclic) bond motifs is 1. The second-order valence-corrected chi connectivity index (χ2v) is 7.72. The quantitative estimate of drug-likeness (QED) is 0.524. The van der Waals surface area contributed by atoms with Crippen molar-refractivity contribution < 1.29 is 4.79 Å². The molecule has 29 heavy (non-hydrogen) atoms. The summed E-state index contributed by atoms with van der Waals surface area (Å²) in [4.78, 5) is 32.0. The molecule has 0 saturated carbocycles. The van der Waals surface area contributed by atoms with Crippen LogP contribution in [0.2, 0.25) is 0 Å². The molecule has 0 bridgehead atoms. The van der Waals surface area contributed by atoms with Crippen molar-refractivity contribution in [3.63, 3.8) is 0 Å². The van der Waals surface area contributed by atoms with Gasteiger partial charge in [0, 0.05) is 44.7 Å². The first-order valence-electron chi connectivity index (χ1n) is 9.18. The van der Waals surface area contributed by atoms with Crippen molar-refractivity contribution in [2.75, 3.05) is 19.4 Å². The van der Waals surface area contributed by atoms with Gasteiger partial charge in [0.1, 0.15) is 16.2 Å². The Balaban J connectivity index is 1.51. The number of aryl methyl sites for hydroxylation is 1. The summed E-state index contributed by atoms with van der Waals surface area (Å²) >= 11 is 1.48. The highest BCUT2D eigenvalue weighted by atomic mass is 32.1. The van der Waals surface area contributed by atoms with Crippen molar-refractivity contribution in [3.05, 3.63) is 60.6 Å². The zero-order chi connectivity index (χ0) is 20.2. The second-order valence-electron chi connectivity index (χ2n) is 6.74. The molecule has 0 spiro atoms. The van der Waals surface area contributed by atoms with Gasteiger partial charge in [-0.25, -0.2) is 15.0 Å². The van der Waals surface area contributed by atoms with E-state index in [0.29, 0.717) is 18.7 Å². The maximum Gasteiger partial charge on any atom is 0.222 e. The van der Waals surface area contributed by atoms with Gasteiger partial charge in [0.05, 0.1) is 5.69 Å². The fourth-order valence-electron chi connectivity index (χ4n) is 2.84. The molecule has 1 N–H and O–H groups in total. The van der Waals surface area contributed by atoms with Gasteiger partial charge in [-0.1, -0.05) is 11.3 Å². The monoisotopic (exact) mass is 404 g/mol. The van der Waals surface area contributed by atoms with E-state index in [4.69, 9.17) is 4.98 Å². The van der Waals surface area contributed by atoms with E-state index in [2.05, 4.69) is 20.3 Å². The molecule has 0 radical (unpaired) electrons. The number of carbonyl (C=O) groups excluding carboxylic acids is 1. The van der Waals surface area contributed by atoms with Gasteiger partial charge >= 0.3 is 0 Å². The summed E-state index contributed by atoms with van der Waals surface area (Å²) < 4.78 is 0. The number of nitrogens with one attached hydrogen (secondary N) is 1. The van der Waals surface area contributed by atoms with Gasteiger partial charge in [-0.3, -0.25) is 9.78 Å². The van der Waals surface area contributed by atoms with Crippen LogP contribution in [0.3, 0.4) is 0 Å². The second kappa shape index (κ2) is 8.32. The number of hydrogen-bond acceptors (Lipinski definition) is 7. The SMILES string of the molecule is CN(C)C(=O)CCc1ccnc(Nc2nc3ccc(-c4ccncc4)nc3s2)c1. The molecule has 1 amide bonds. The van der Waals surface area contributed by atoms with Gasteiger partial charge in [-0.15, -0.1) is 0 Å². The van der Waals surface area contributed by atoms with Crippen LogP contribution in [0.1, 0.15) is 12.0 Å². The lowest BCUT2D eigenvalue weighted by atomic mass is 10.1. The van der Waals surface area contributed by atoms with Crippen LogP contribution in [0.15, 0.2) is 55.0 Å². The molecule has 4 aromatic heterocycles. The van der Waals surface area contributed by atoms with E-state index in [1.165, 1.54) is 11.3 Å². The summed E-state index contributed by atoms with van der Waals surface area (Å²) in [5, 5.41) is 3.98. The topological polar surface area (TPSA) is 83.9 Å². The third kappa shape index (κ3) is 4.55. The molecule has 0 aliphatic rings. The lowest BCUT2D eigenvalue weighted by molar-refractivity contribution is -0.128. The molecule has 4 heterocycles. The van der Waals surface area contributed by atoms with Gasteiger partial charge < -0.3 is 10.2 Å². The number of aromatic nitrogens is 4. The van der Waals surface area contributed by atoms with Crippen LogP contribution < -0.4 is 5.32 Å². The van der Waals surface area contributed by atoms with Crippen LogP contribution in [0, 0.1) is 0 Å². The predicted octanol–water partition coefficient (Wildman–Crippen LogP) is 3.91. The van der Waals surface area contributed by atoms with Crippen LogP contribution in [0.5, 0.6) is 0 Å². The summed E-state index contributed by atoms with van der Waals surface area (Å²) in [7, 11) is 3.53. The fourth-order valence-corrected chi connectivity index (χ4v) is 3.68. The molecule has 0 unspecified atom stereocenters. The normalized spacial score (nSPS) is 10.8.